The highest BCUT2D eigenvalue weighted by Gasteiger charge is 2.15. The topological polar surface area (TPSA) is 48.2 Å². The number of halogens is 1. The van der Waals surface area contributed by atoms with Crippen LogP contribution in [0.2, 0.25) is 0 Å². The van der Waals surface area contributed by atoms with Crippen molar-refractivity contribution in [2.45, 2.75) is 11.2 Å². The molecular formula is C15H13BrN2O2. The van der Waals surface area contributed by atoms with E-state index in [1.165, 1.54) is 6.33 Å². The van der Waals surface area contributed by atoms with Crippen LogP contribution in [0, 0.1) is 0 Å². The van der Waals surface area contributed by atoms with E-state index in [0.717, 1.165) is 22.4 Å². The smallest absolute Gasteiger partial charge is 0.216 e. The van der Waals surface area contributed by atoms with Gasteiger partial charge in [0.1, 0.15) is 17.7 Å². The van der Waals surface area contributed by atoms with Gasteiger partial charge >= 0.3 is 0 Å². The van der Waals surface area contributed by atoms with Crippen LogP contribution in [0.3, 0.4) is 0 Å². The minimum atomic E-state index is 0.0644. The summed E-state index contributed by atoms with van der Waals surface area (Å²) in [5.41, 5.74) is 1.80. The number of nitrogens with zero attached hydrogens (tertiary/aromatic N) is 2. The lowest BCUT2D eigenvalue weighted by Gasteiger charge is -2.06. The molecule has 3 rings (SSSR count). The molecule has 0 amide bonds. The number of benzene rings is 1. The van der Waals surface area contributed by atoms with Crippen LogP contribution in [0.4, 0.5) is 0 Å². The first-order valence-electron chi connectivity index (χ1n) is 6.23. The average Bonchev–Trinajstić information content (AvgIpc) is 2.91. The van der Waals surface area contributed by atoms with Crippen LogP contribution in [0.1, 0.15) is 16.3 Å². The predicted molar refractivity (Wildman–Crippen MR) is 80.2 cm³/mol. The van der Waals surface area contributed by atoms with Gasteiger partial charge in [-0.25, -0.2) is 9.97 Å². The van der Waals surface area contributed by atoms with Crippen LogP contribution in [-0.2, 0) is 6.42 Å². The first-order chi connectivity index (χ1) is 9.76. The zero-order valence-electron chi connectivity index (χ0n) is 10.9. The summed E-state index contributed by atoms with van der Waals surface area (Å²) in [6.45, 7) is 0. The van der Waals surface area contributed by atoms with Crippen molar-refractivity contribution < 1.29 is 9.15 Å². The molecule has 102 valence electrons. The lowest BCUT2D eigenvalue weighted by Crippen LogP contribution is -1.98. The van der Waals surface area contributed by atoms with E-state index >= 15 is 0 Å². The Kier molecular flexibility index (Phi) is 3.69. The minimum absolute atomic E-state index is 0.0644. The van der Waals surface area contributed by atoms with Gasteiger partial charge in [-0.3, -0.25) is 0 Å². The molecule has 0 aliphatic carbocycles. The third-order valence-electron chi connectivity index (χ3n) is 3.05. The van der Waals surface area contributed by atoms with E-state index in [2.05, 4.69) is 25.9 Å². The van der Waals surface area contributed by atoms with Gasteiger partial charge in [-0.2, -0.15) is 0 Å². The lowest BCUT2D eigenvalue weighted by molar-refractivity contribution is 0.395. The van der Waals surface area contributed by atoms with Crippen LogP contribution in [0.15, 0.2) is 47.1 Å². The second kappa shape index (κ2) is 5.63. The van der Waals surface area contributed by atoms with Gasteiger partial charge in [-0.1, -0.05) is 34.1 Å². The molecule has 1 aromatic carbocycles. The summed E-state index contributed by atoms with van der Waals surface area (Å²) in [4.78, 5) is 8.31. The molecule has 0 saturated carbocycles. The van der Waals surface area contributed by atoms with Gasteiger partial charge in [-0.15, -0.1) is 0 Å². The Bertz CT molecular complexity index is 693. The van der Waals surface area contributed by atoms with E-state index in [-0.39, 0.29) is 4.83 Å². The van der Waals surface area contributed by atoms with Gasteiger partial charge < -0.3 is 9.15 Å². The van der Waals surface area contributed by atoms with Crippen LogP contribution < -0.4 is 4.74 Å². The predicted octanol–water partition coefficient (Wildman–Crippen LogP) is 3.91. The summed E-state index contributed by atoms with van der Waals surface area (Å²) >= 11 is 3.65. The Morgan fingerprint density at radius 1 is 1.25 bits per heavy atom. The molecule has 2 aromatic heterocycles. The van der Waals surface area contributed by atoms with Crippen LogP contribution in [-0.4, -0.2) is 17.1 Å². The fourth-order valence-electron chi connectivity index (χ4n) is 2.04. The Morgan fingerprint density at radius 3 is 2.90 bits per heavy atom. The number of para-hydroxylation sites is 1. The average molecular weight is 333 g/mol. The first-order valence-corrected chi connectivity index (χ1v) is 7.15. The number of hydrogen-bond acceptors (Lipinski definition) is 4. The van der Waals surface area contributed by atoms with E-state index < -0.39 is 0 Å². The fourth-order valence-corrected chi connectivity index (χ4v) is 2.60. The van der Waals surface area contributed by atoms with E-state index in [9.17, 15) is 0 Å². The Morgan fingerprint density at radius 2 is 2.10 bits per heavy atom. The highest BCUT2D eigenvalue weighted by molar-refractivity contribution is 9.09. The SMILES string of the molecule is COc1cc(CC(Br)c2cc3ccccc3o2)ncn1. The normalized spacial score (nSPS) is 12.5. The van der Waals surface area contributed by atoms with Crippen molar-refractivity contribution in [3.05, 3.63) is 54.2 Å². The summed E-state index contributed by atoms with van der Waals surface area (Å²) in [7, 11) is 1.59. The van der Waals surface area contributed by atoms with E-state index in [1.807, 2.05) is 36.4 Å². The van der Waals surface area contributed by atoms with Gasteiger partial charge in [0.15, 0.2) is 0 Å². The number of alkyl halides is 1. The monoisotopic (exact) mass is 332 g/mol. The van der Waals surface area contributed by atoms with Gasteiger partial charge in [0.25, 0.3) is 0 Å². The molecule has 4 nitrogen and oxygen atoms in total. The number of fused-ring (bicyclic) bond motifs is 1. The maximum Gasteiger partial charge on any atom is 0.216 e. The van der Waals surface area contributed by atoms with Gasteiger partial charge in [0, 0.05) is 23.6 Å². The maximum absolute atomic E-state index is 5.84. The highest BCUT2D eigenvalue weighted by atomic mass is 79.9. The van der Waals surface area contributed by atoms with Crippen molar-refractivity contribution in [2.75, 3.05) is 7.11 Å². The summed E-state index contributed by atoms with van der Waals surface area (Å²) in [6, 6.07) is 11.8. The largest absolute Gasteiger partial charge is 0.481 e. The summed E-state index contributed by atoms with van der Waals surface area (Å²) < 4.78 is 10.9. The molecule has 3 aromatic rings. The molecule has 0 N–H and O–H groups in total. The molecule has 0 aliphatic rings. The van der Waals surface area contributed by atoms with Gasteiger partial charge in [-0.05, 0) is 12.1 Å². The number of ether oxygens (including phenoxy) is 1. The van der Waals surface area contributed by atoms with Crippen molar-refractivity contribution >= 4 is 26.9 Å². The summed E-state index contributed by atoms with van der Waals surface area (Å²) in [6.07, 6.45) is 2.21. The highest BCUT2D eigenvalue weighted by Crippen LogP contribution is 2.31. The molecule has 0 aliphatic heterocycles. The first kappa shape index (κ1) is 13.1. The fraction of sp³-hybridized carbons (Fsp3) is 0.200. The third kappa shape index (κ3) is 2.67. The van der Waals surface area contributed by atoms with Gasteiger partial charge in [0.05, 0.1) is 11.9 Å². The molecule has 0 saturated heterocycles. The number of methoxy groups -OCH3 is 1. The quantitative estimate of drug-likeness (QED) is 0.679. The van der Waals surface area contributed by atoms with Crippen molar-refractivity contribution in [3.8, 4) is 5.88 Å². The van der Waals surface area contributed by atoms with Gasteiger partial charge in [0.2, 0.25) is 5.88 Å². The van der Waals surface area contributed by atoms with Crippen molar-refractivity contribution in [1.82, 2.24) is 9.97 Å². The molecular weight excluding hydrogens is 320 g/mol. The van der Waals surface area contributed by atoms with Crippen molar-refractivity contribution in [3.63, 3.8) is 0 Å². The van der Waals surface area contributed by atoms with Crippen LogP contribution in [0.25, 0.3) is 11.0 Å². The third-order valence-corrected chi connectivity index (χ3v) is 3.82. The Hall–Kier alpha value is -1.88. The standard InChI is InChI=1S/C15H13BrN2O2/c1-19-15-8-11(17-9-18-15)7-12(16)14-6-10-4-2-3-5-13(10)20-14/h2-6,8-9,12H,7H2,1H3. The molecule has 5 heteroatoms. The van der Waals surface area contributed by atoms with E-state index in [0.29, 0.717) is 12.3 Å². The Labute approximate surface area is 124 Å². The number of aromatic nitrogens is 2. The van der Waals surface area contributed by atoms with Crippen molar-refractivity contribution in [1.29, 1.82) is 0 Å². The van der Waals surface area contributed by atoms with E-state index in [1.54, 1.807) is 7.11 Å². The molecule has 0 fully saturated rings. The summed E-state index contributed by atoms with van der Waals surface area (Å²) in [5, 5.41) is 1.10. The lowest BCUT2D eigenvalue weighted by atomic mass is 10.2. The van der Waals surface area contributed by atoms with E-state index in [4.69, 9.17) is 9.15 Å². The zero-order valence-corrected chi connectivity index (χ0v) is 12.5. The molecule has 1 unspecified atom stereocenters. The summed E-state index contributed by atoms with van der Waals surface area (Å²) in [5.74, 6) is 1.46. The van der Waals surface area contributed by atoms with Crippen LogP contribution in [0.5, 0.6) is 5.88 Å². The molecule has 0 spiro atoms. The molecule has 0 bridgehead atoms. The molecule has 0 radical (unpaired) electrons. The minimum Gasteiger partial charge on any atom is -0.481 e. The second-order valence-corrected chi connectivity index (χ2v) is 5.52. The second-order valence-electron chi connectivity index (χ2n) is 4.41. The molecule has 1 atom stereocenters. The number of hydrogen-bond donors (Lipinski definition) is 0. The Balaban J connectivity index is 1.82. The van der Waals surface area contributed by atoms with Crippen LogP contribution >= 0.6 is 15.9 Å². The molecule has 2 heterocycles. The zero-order chi connectivity index (χ0) is 13.9. The number of rotatable bonds is 4. The molecule has 20 heavy (non-hydrogen) atoms. The number of furan rings is 1. The maximum atomic E-state index is 5.84. The van der Waals surface area contributed by atoms with Crippen molar-refractivity contribution in [2.24, 2.45) is 0 Å².